The first kappa shape index (κ1) is 23.0. The molecule has 3 atom stereocenters. The molecule has 1 saturated carbocycles. The summed E-state index contributed by atoms with van der Waals surface area (Å²) in [6.07, 6.45) is 6.70. The smallest absolute Gasteiger partial charge is 0.239 e. The predicted molar refractivity (Wildman–Crippen MR) is 118 cm³/mol. The molecule has 2 aliphatic rings. The van der Waals surface area contributed by atoms with Gasteiger partial charge in [-0.15, -0.1) is 0 Å². The Labute approximate surface area is 184 Å². The molecule has 0 unspecified atom stereocenters. The lowest BCUT2D eigenvalue weighted by atomic mass is 9.92. The number of nitrogens with zero attached hydrogens (tertiary/aromatic N) is 2. The molecule has 0 aromatic heterocycles. The zero-order chi connectivity index (χ0) is 21.7. The van der Waals surface area contributed by atoms with Crippen molar-refractivity contribution in [2.24, 2.45) is 11.7 Å². The molecule has 1 saturated heterocycles. The molecule has 0 bridgehead atoms. The zero-order valence-electron chi connectivity index (χ0n) is 17.8. The van der Waals surface area contributed by atoms with Gasteiger partial charge in [0.25, 0.3) is 0 Å². The Hall–Kier alpha value is -1.63. The van der Waals surface area contributed by atoms with Crippen molar-refractivity contribution in [3.8, 4) is 0 Å². The fourth-order valence-corrected chi connectivity index (χ4v) is 4.84. The maximum absolute atomic E-state index is 13.1. The van der Waals surface area contributed by atoms with Crippen LogP contribution in [0.15, 0.2) is 24.3 Å². The van der Waals surface area contributed by atoms with Gasteiger partial charge in [0.1, 0.15) is 0 Å². The van der Waals surface area contributed by atoms with Crippen molar-refractivity contribution < 1.29 is 14.7 Å². The second-order valence-corrected chi connectivity index (χ2v) is 9.22. The van der Waals surface area contributed by atoms with Crippen molar-refractivity contribution in [2.45, 2.75) is 70.0 Å². The molecular formula is C23H34ClN3O3. The molecule has 30 heavy (non-hydrogen) atoms. The van der Waals surface area contributed by atoms with Crippen LogP contribution < -0.4 is 5.73 Å². The lowest BCUT2D eigenvalue weighted by Gasteiger charge is -2.40. The summed E-state index contributed by atoms with van der Waals surface area (Å²) in [5.41, 5.74) is 7.20. The van der Waals surface area contributed by atoms with Gasteiger partial charge in [0.05, 0.1) is 24.6 Å². The number of halogens is 1. The summed E-state index contributed by atoms with van der Waals surface area (Å²) in [7, 11) is 0. The molecule has 1 heterocycles. The molecule has 3 N–H and O–H groups in total. The Kier molecular flexibility index (Phi) is 8.14. The van der Waals surface area contributed by atoms with E-state index in [9.17, 15) is 14.7 Å². The van der Waals surface area contributed by atoms with Gasteiger partial charge in [-0.3, -0.25) is 9.59 Å². The normalized spacial score (nSPS) is 22.0. The Balaban J connectivity index is 1.64. The second kappa shape index (κ2) is 10.6. The summed E-state index contributed by atoms with van der Waals surface area (Å²) in [6, 6.07) is 6.99. The molecule has 7 heteroatoms. The van der Waals surface area contributed by atoms with Gasteiger partial charge >= 0.3 is 0 Å². The van der Waals surface area contributed by atoms with Crippen molar-refractivity contribution in [2.75, 3.05) is 19.7 Å². The minimum Gasteiger partial charge on any atom is -0.396 e. The first-order valence-electron chi connectivity index (χ1n) is 11.1. The number of aliphatic hydroxyl groups is 1. The van der Waals surface area contributed by atoms with Gasteiger partial charge in [-0.05, 0) is 43.4 Å². The maximum Gasteiger partial charge on any atom is 0.239 e. The highest BCUT2D eigenvalue weighted by Crippen LogP contribution is 2.29. The van der Waals surface area contributed by atoms with E-state index in [4.69, 9.17) is 17.3 Å². The van der Waals surface area contributed by atoms with Crippen molar-refractivity contribution in [1.82, 2.24) is 9.80 Å². The Morgan fingerprint density at radius 2 is 1.83 bits per heavy atom. The van der Waals surface area contributed by atoms with Crippen LogP contribution in [-0.2, 0) is 16.0 Å². The van der Waals surface area contributed by atoms with Crippen LogP contribution in [0.1, 0.15) is 51.0 Å². The predicted octanol–water partition coefficient (Wildman–Crippen LogP) is 2.60. The van der Waals surface area contributed by atoms with E-state index in [0.717, 1.165) is 37.7 Å². The summed E-state index contributed by atoms with van der Waals surface area (Å²) in [4.78, 5) is 29.8. The number of aliphatic hydroxyl groups excluding tert-OH is 1. The van der Waals surface area contributed by atoms with Gasteiger partial charge in [-0.1, -0.05) is 49.9 Å². The van der Waals surface area contributed by atoms with Crippen LogP contribution in [0.4, 0.5) is 0 Å². The van der Waals surface area contributed by atoms with Gasteiger partial charge in [-0.2, -0.15) is 0 Å². The quantitative estimate of drug-likeness (QED) is 0.689. The standard InChI is InChI=1S/C23H34ClN3O3/c1-16(15-28)22(29)27(19-5-3-2-4-6-19)20-11-12-26(14-20)23(30)21(25)13-17-7-9-18(24)10-8-17/h7-10,16,19-21,28H,2-6,11-15,25H2,1H3/t16-,20+,21-/m1/s1. The third-order valence-corrected chi connectivity index (χ3v) is 6.72. The number of carbonyl (C=O) groups excluding carboxylic acids is 2. The SMILES string of the molecule is C[C@H](CO)C(=O)N(C1CCCCC1)[C@H]1CCN(C(=O)[C@H](N)Cc2ccc(Cl)cc2)C1. The van der Waals surface area contributed by atoms with Crippen LogP contribution in [0, 0.1) is 5.92 Å². The molecule has 0 radical (unpaired) electrons. The molecular weight excluding hydrogens is 402 g/mol. The third-order valence-electron chi connectivity index (χ3n) is 6.47. The molecule has 166 valence electrons. The topological polar surface area (TPSA) is 86.9 Å². The van der Waals surface area contributed by atoms with E-state index in [1.54, 1.807) is 24.0 Å². The molecule has 1 aliphatic heterocycles. The zero-order valence-corrected chi connectivity index (χ0v) is 18.6. The highest BCUT2D eigenvalue weighted by Gasteiger charge is 2.39. The van der Waals surface area contributed by atoms with Crippen LogP contribution in [0.2, 0.25) is 5.02 Å². The van der Waals surface area contributed by atoms with Gasteiger partial charge in [-0.25, -0.2) is 0 Å². The Bertz CT molecular complexity index is 721. The molecule has 6 nitrogen and oxygen atoms in total. The highest BCUT2D eigenvalue weighted by molar-refractivity contribution is 6.30. The number of rotatable bonds is 7. The highest BCUT2D eigenvalue weighted by atomic mass is 35.5. The van der Waals surface area contributed by atoms with Crippen molar-refractivity contribution in [1.29, 1.82) is 0 Å². The fourth-order valence-electron chi connectivity index (χ4n) is 4.72. The van der Waals surface area contributed by atoms with Gasteiger partial charge in [0.15, 0.2) is 0 Å². The number of carbonyl (C=O) groups is 2. The number of benzene rings is 1. The Morgan fingerprint density at radius 1 is 1.17 bits per heavy atom. The van der Waals surface area contributed by atoms with E-state index >= 15 is 0 Å². The average Bonchev–Trinajstić information content (AvgIpc) is 3.24. The van der Waals surface area contributed by atoms with Gasteiger partial charge in [0.2, 0.25) is 11.8 Å². The minimum absolute atomic E-state index is 0.00119. The number of amides is 2. The molecule has 3 rings (SSSR count). The first-order valence-corrected chi connectivity index (χ1v) is 11.5. The van der Waals surface area contributed by atoms with Crippen molar-refractivity contribution >= 4 is 23.4 Å². The molecule has 2 fully saturated rings. The fraction of sp³-hybridized carbons (Fsp3) is 0.652. The Morgan fingerprint density at radius 3 is 2.47 bits per heavy atom. The average molecular weight is 436 g/mol. The second-order valence-electron chi connectivity index (χ2n) is 8.78. The monoisotopic (exact) mass is 435 g/mol. The lowest BCUT2D eigenvalue weighted by molar-refractivity contribution is -0.143. The number of likely N-dealkylation sites (tertiary alicyclic amines) is 1. The van der Waals surface area contributed by atoms with Crippen molar-refractivity contribution in [3.63, 3.8) is 0 Å². The molecule has 0 spiro atoms. The van der Waals surface area contributed by atoms with Crippen LogP contribution in [-0.4, -0.2) is 64.5 Å². The summed E-state index contributed by atoms with van der Waals surface area (Å²) < 4.78 is 0. The number of hydrogen-bond donors (Lipinski definition) is 2. The van der Waals surface area contributed by atoms with E-state index in [1.807, 2.05) is 17.0 Å². The molecule has 1 aliphatic carbocycles. The number of nitrogens with two attached hydrogens (primary N) is 1. The van der Waals surface area contributed by atoms with Crippen LogP contribution in [0.5, 0.6) is 0 Å². The largest absolute Gasteiger partial charge is 0.396 e. The molecule has 1 aromatic carbocycles. The van der Waals surface area contributed by atoms with E-state index in [-0.39, 0.29) is 30.5 Å². The summed E-state index contributed by atoms with van der Waals surface area (Å²) in [5, 5.41) is 10.2. The molecule has 2 amide bonds. The number of hydrogen-bond acceptors (Lipinski definition) is 4. The van der Waals surface area contributed by atoms with E-state index in [2.05, 4.69) is 0 Å². The third kappa shape index (κ3) is 5.54. The van der Waals surface area contributed by atoms with E-state index in [1.165, 1.54) is 6.42 Å². The van der Waals surface area contributed by atoms with Crippen LogP contribution in [0.3, 0.4) is 0 Å². The summed E-state index contributed by atoms with van der Waals surface area (Å²) in [5.74, 6) is -0.475. The molecule has 1 aromatic rings. The minimum atomic E-state index is -0.611. The van der Waals surface area contributed by atoms with Gasteiger partial charge in [0, 0.05) is 24.2 Å². The summed E-state index contributed by atoms with van der Waals surface area (Å²) >= 11 is 5.93. The maximum atomic E-state index is 13.1. The first-order chi connectivity index (χ1) is 14.4. The van der Waals surface area contributed by atoms with Gasteiger partial charge < -0.3 is 20.6 Å². The lowest BCUT2D eigenvalue weighted by Crippen LogP contribution is -2.52. The van der Waals surface area contributed by atoms with E-state index in [0.29, 0.717) is 24.5 Å². The van der Waals surface area contributed by atoms with Crippen LogP contribution >= 0.6 is 11.6 Å². The van der Waals surface area contributed by atoms with Crippen molar-refractivity contribution in [3.05, 3.63) is 34.9 Å². The van der Waals surface area contributed by atoms with Crippen LogP contribution in [0.25, 0.3) is 0 Å². The van der Waals surface area contributed by atoms with E-state index < -0.39 is 12.0 Å². The summed E-state index contributed by atoms with van der Waals surface area (Å²) in [6.45, 7) is 2.76.